The van der Waals surface area contributed by atoms with Gasteiger partial charge in [-0.3, -0.25) is 10.1 Å². The predicted octanol–water partition coefficient (Wildman–Crippen LogP) is 3.17. The fourth-order valence-electron chi connectivity index (χ4n) is 2.58. The number of aryl methyl sites for hydroxylation is 1. The number of para-hydroxylation sites is 2. The molecule has 0 radical (unpaired) electrons. The molecule has 0 saturated carbocycles. The maximum Gasteiger partial charge on any atom is 0.321 e. The molecule has 3 amide bonds. The Morgan fingerprint density at radius 1 is 1.08 bits per heavy atom. The molecule has 6 nitrogen and oxygen atoms in total. The summed E-state index contributed by atoms with van der Waals surface area (Å²) in [4.78, 5) is 28.4. The lowest BCUT2D eigenvalue weighted by atomic mass is 10.2. The first-order chi connectivity index (χ1) is 12.7. The summed E-state index contributed by atoms with van der Waals surface area (Å²) >= 11 is 1.32. The number of rotatable bonds is 6. The molecule has 1 heterocycles. The van der Waals surface area contributed by atoms with Gasteiger partial charge < -0.3 is 9.88 Å². The van der Waals surface area contributed by atoms with Crippen molar-refractivity contribution in [3.63, 3.8) is 0 Å². The zero-order valence-corrected chi connectivity index (χ0v) is 15.3. The molecule has 0 aliphatic heterocycles. The van der Waals surface area contributed by atoms with Crippen LogP contribution in [-0.2, 0) is 17.9 Å². The largest absolute Gasteiger partial charge is 0.334 e. The van der Waals surface area contributed by atoms with Crippen LogP contribution >= 0.6 is 11.8 Å². The van der Waals surface area contributed by atoms with Crippen molar-refractivity contribution < 1.29 is 9.59 Å². The fourth-order valence-corrected chi connectivity index (χ4v) is 3.46. The van der Waals surface area contributed by atoms with E-state index in [1.165, 1.54) is 11.8 Å². The monoisotopic (exact) mass is 368 g/mol. The summed E-state index contributed by atoms with van der Waals surface area (Å²) in [5.41, 5.74) is 2.91. The molecule has 0 bridgehead atoms. The van der Waals surface area contributed by atoms with Gasteiger partial charge in [0.15, 0.2) is 5.16 Å². The Balaban J connectivity index is 1.52. The number of imidazole rings is 1. The highest BCUT2D eigenvalue weighted by Gasteiger charge is 2.13. The van der Waals surface area contributed by atoms with Gasteiger partial charge in [0.2, 0.25) is 5.91 Å². The van der Waals surface area contributed by atoms with Gasteiger partial charge in [-0.25, -0.2) is 9.78 Å². The number of urea groups is 1. The number of carbonyl (C=O) groups is 2. The van der Waals surface area contributed by atoms with Crippen molar-refractivity contribution in [2.24, 2.45) is 0 Å². The molecule has 1 aromatic heterocycles. The van der Waals surface area contributed by atoms with Crippen molar-refractivity contribution >= 4 is 34.7 Å². The lowest BCUT2D eigenvalue weighted by Gasteiger charge is -2.07. The molecule has 0 aliphatic rings. The minimum atomic E-state index is -0.497. The van der Waals surface area contributed by atoms with Gasteiger partial charge in [-0.1, -0.05) is 54.2 Å². The van der Waals surface area contributed by atoms with Gasteiger partial charge in [-0.05, 0) is 24.6 Å². The Morgan fingerprint density at radius 3 is 2.58 bits per heavy atom. The average molecular weight is 368 g/mol. The second kappa shape index (κ2) is 8.53. The maximum atomic E-state index is 12.0. The number of hydrogen-bond donors (Lipinski definition) is 2. The van der Waals surface area contributed by atoms with Crippen LogP contribution in [0.1, 0.15) is 12.5 Å². The summed E-state index contributed by atoms with van der Waals surface area (Å²) in [5.74, 6) is -0.225. The van der Waals surface area contributed by atoms with Crippen molar-refractivity contribution in [2.75, 3.05) is 5.75 Å². The Labute approximate surface area is 156 Å². The Bertz CT molecular complexity index is 908. The second-order valence-corrected chi connectivity index (χ2v) is 6.57. The van der Waals surface area contributed by atoms with Crippen LogP contribution in [0, 0.1) is 0 Å². The van der Waals surface area contributed by atoms with E-state index in [0.29, 0.717) is 6.54 Å². The molecule has 0 atom stereocenters. The Hall–Kier alpha value is -2.80. The molecular weight excluding hydrogens is 348 g/mol. The molecule has 0 aliphatic carbocycles. The highest BCUT2D eigenvalue weighted by Crippen LogP contribution is 2.23. The van der Waals surface area contributed by atoms with Crippen LogP contribution < -0.4 is 10.6 Å². The van der Waals surface area contributed by atoms with Gasteiger partial charge in [0.1, 0.15) is 0 Å². The van der Waals surface area contributed by atoms with Gasteiger partial charge in [0.25, 0.3) is 0 Å². The number of thioether (sulfide) groups is 1. The molecule has 0 fully saturated rings. The number of nitrogens with zero attached hydrogens (tertiary/aromatic N) is 2. The van der Waals surface area contributed by atoms with Gasteiger partial charge in [0.05, 0.1) is 16.8 Å². The zero-order valence-electron chi connectivity index (χ0n) is 14.4. The number of benzene rings is 2. The third-order valence-electron chi connectivity index (χ3n) is 3.82. The van der Waals surface area contributed by atoms with E-state index in [0.717, 1.165) is 28.3 Å². The molecule has 134 valence electrons. The normalized spacial score (nSPS) is 10.7. The molecule has 0 saturated heterocycles. The van der Waals surface area contributed by atoms with Crippen LogP contribution in [0.25, 0.3) is 11.0 Å². The van der Waals surface area contributed by atoms with Crippen molar-refractivity contribution in [1.29, 1.82) is 0 Å². The van der Waals surface area contributed by atoms with Gasteiger partial charge in [-0.2, -0.15) is 0 Å². The van der Waals surface area contributed by atoms with Crippen LogP contribution in [-0.4, -0.2) is 27.2 Å². The van der Waals surface area contributed by atoms with Crippen molar-refractivity contribution in [2.45, 2.75) is 25.2 Å². The molecule has 26 heavy (non-hydrogen) atoms. The van der Waals surface area contributed by atoms with E-state index >= 15 is 0 Å². The summed E-state index contributed by atoms with van der Waals surface area (Å²) in [7, 11) is 0. The third kappa shape index (κ3) is 4.43. The van der Waals surface area contributed by atoms with Crippen LogP contribution in [0.4, 0.5) is 4.79 Å². The average Bonchev–Trinajstić information content (AvgIpc) is 3.03. The Morgan fingerprint density at radius 2 is 1.81 bits per heavy atom. The van der Waals surface area contributed by atoms with Crippen LogP contribution in [0.2, 0.25) is 0 Å². The molecule has 3 aromatic rings. The van der Waals surface area contributed by atoms with E-state index in [1.807, 2.05) is 61.5 Å². The number of amides is 3. The summed E-state index contributed by atoms with van der Waals surface area (Å²) in [5, 5.41) is 5.79. The number of carbonyl (C=O) groups excluding carboxylic acids is 2. The van der Waals surface area contributed by atoms with E-state index in [-0.39, 0.29) is 11.7 Å². The SMILES string of the molecule is CCn1c(SCC(=O)NC(=O)NCc2ccccc2)nc2ccccc21. The first-order valence-electron chi connectivity index (χ1n) is 8.37. The van der Waals surface area contributed by atoms with E-state index in [9.17, 15) is 9.59 Å². The molecule has 0 unspecified atom stereocenters. The first kappa shape index (κ1) is 18.0. The quantitative estimate of drug-likeness (QED) is 0.655. The summed E-state index contributed by atoms with van der Waals surface area (Å²) in [6.45, 7) is 3.18. The van der Waals surface area contributed by atoms with E-state index < -0.39 is 6.03 Å². The van der Waals surface area contributed by atoms with Gasteiger partial charge >= 0.3 is 6.03 Å². The lowest BCUT2D eigenvalue weighted by molar-refractivity contribution is -0.117. The number of aromatic nitrogens is 2. The number of hydrogen-bond acceptors (Lipinski definition) is 4. The van der Waals surface area contributed by atoms with Crippen molar-refractivity contribution in [1.82, 2.24) is 20.2 Å². The van der Waals surface area contributed by atoms with E-state index in [2.05, 4.69) is 20.2 Å². The molecular formula is C19H20N4O2S. The standard InChI is InChI=1S/C19H20N4O2S/c1-2-23-16-11-7-6-10-15(16)21-19(23)26-13-17(24)22-18(25)20-12-14-8-4-3-5-9-14/h3-11H,2,12-13H2,1H3,(H2,20,22,24,25). The topological polar surface area (TPSA) is 76.0 Å². The highest BCUT2D eigenvalue weighted by atomic mass is 32.2. The molecule has 2 N–H and O–H groups in total. The summed E-state index contributed by atoms with van der Waals surface area (Å²) < 4.78 is 2.06. The van der Waals surface area contributed by atoms with Crippen molar-refractivity contribution in [3.05, 3.63) is 60.2 Å². The smallest absolute Gasteiger partial charge is 0.321 e. The van der Waals surface area contributed by atoms with Gasteiger partial charge in [-0.15, -0.1) is 0 Å². The lowest BCUT2D eigenvalue weighted by Crippen LogP contribution is -2.40. The number of nitrogens with one attached hydrogen (secondary N) is 2. The van der Waals surface area contributed by atoms with Crippen LogP contribution in [0.15, 0.2) is 59.8 Å². The van der Waals surface area contributed by atoms with Gasteiger partial charge in [0, 0.05) is 13.1 Å². The third-order valence-corrected chi connectivity index (χ3v) is 4.79. The zero-order chi connectivity index (χ0) is 18.4. The molecule has 3 rings (SSSR count). The van der Waals surface area contributed by atoms with E-state index in [1.54, 1.807) is 0 Å². The minimum absolute atomic E-state index is 0.127. The van der Waals surface area contributed by atoms with Crippen LogP contribution in [0.3, 0.4) is 0 Å². The summed E-state index contributed by atoms with van der Waals surface area (Å²) in [6, 6.07) is 16.9. The second-order valence-electron chi connectivity index (χ2n) is 5.63. The number of fused-ring (bicyclic) bond motifs is 1. The highest BCUT2D eigenvalue weighted by molar-refractivity contribution is 7.99. The maximum absolute atomic E-state index is 12.0. The molecule has 7 heteroatoms. The number of imide groups is 1. The van der Waals surface area contributed by atoms with Crippen LogP contribution in [0.5, 0.6) is 0 Å². The first-order valence-corrected chi connectivity index (χ1v) is 9.35. The minimum Gasteiger partial charge on any atom is -0.334 e. The Kier molecular flexibility index (Phi) is 5.91. The molecule has 0 spiro atoms. The van der Waals surface area contributed by atoms with Crippen molar-refractivity contribution in [3.8, 4) is 0 Å². The van der Waals surface area contributed by atoms with E-state index in [4.69, 9.17) is 0 Å². The predicted molar refractivity (Wildman–Crippen MR) is 103 cm³/mol. The molecule has 2 aromatic carbocycles. The summed E-state index contributed by atoms with van der Waals surface area (Å²) in [6.07, 6.45) is 0. The fraction of sp³-hybridized carbons (Fsp3) is 0.211.